The van der Waals surface area contributed by atoms with Crippen molar-refractivity contribution in [2.24, 2.45) is 12.9 Å². The van der Waals surface area contributed by atoms with Crippen LogP contribution in [0.4, 0.5) is 0 Å². The Bertz CT molecular complexity index is 579. The molecule has 0 aromatic carbocycles. The molecule has 0 saturated carbocycles. The average molecular weight is 278 g/mol. The van der Waals surface area contributed by atoms with Crippen LogP contribution in [-0.2, 0) is 12.8 Å². The number of amides is 1. The summed E-state index contributed by atoms with van der Waals surface area (Å²) in [4.78, 5) is 15.5. The lowest BCUT2D eigenvalue weighted by Crippen LogP contribution is -2.30. The quantitative estimate of drug-likeness (QED) is 0.364. The Hall–Kier alpha value is -1.93. The first-order valence-corrected chi connectivity index (χ1v) is 6.55. The smallest absolute Gasteiger partial charge is 0.266 e. The SMILES string of the molecule is Cc1nnc(SCc2ccc(C(=O)NN)cn2)n1C. The van der Waals surface area contributed by atoms with E-state index in [1.54, 1.807) is 23.9 Å². The lowest BCUT2D eigenvalue weighted by Gasteiger charge is -2.03. The molecule has 1 amide bonds. The summed E-state index contributed by atoms with van der Waals surface area (Å²) in [6.07, 6.45) is 1.50. The minimum Gasteiger partial charge on any atom is -0.309 e. The first-order chi connectivity index (χ1) is 9.11. The van der Waals surface area contributed by atoms with E-state index in [9.17, 15) is 4.79 Å². The molecule has 0 aliphatic carbocycles. The Morgan fingerprint density at radius 3 is 2.79 bits per heavy atom. The van der Waals surface area contributed by atoms with Crippen LogP contribution in [0.2, 0.25) is 0 Å². The maximum absolute atomic E-state index is 11.2. The molecule has 2 aromatic heterocycles. The zero-order chi connectivity index (χ0) is 13.8. The molecule has 0 saturated heterocycles. The molecule has 19 heavy (non-hydrogen) atoms. The van der Waals surface area contributed by atoms with Gasteiger partial charge in [0, 0.05) is 19.0 Å². The van der Waals surface area contributed by atoms with Crippen LogP contribution >= 0.6 is 11.8 Å². The maximum Gasteiger partial charge on any atom is 0.266 e. The van der Waals surface area contributed by atoms with Gasteiger partial charge in [0.2, 0.25) is 0 Å². The molecule has 0 unspecified atom stereocenters. The minimum absolute atomic E-state index is 0.351. The van der Waals surface area contributed by atoms with Gasteiger partial charge >= 0.3 is 0 Å². The van der Waals surface area contributed by atoms with Gasteiger partial charge < -0.3 is 4.57 Å². The van der Waals surface area contributed by atoms with E-state index in [4.69, 9.17) is 5.84 Å². The second-order valence-corrected chi connectivity index (χ2v) is 4.83. The van der Waals surface area contributed by atoms with E-state index < -0.39 is 0 Å². The number of carbonyl (C=O) groups excluding carboxylic acids is 1. The zero-order valence-electron chi connectivity index (χ0n) is 10.6. The average Bonchev–Trinajstić information content (AvgIpc) is 2.76. The molecule has 2 heterocycles. The first kappa shape index (κ1) is 13.5. The summed E-state index contributed by atoms with van der Waals surface area (Å²) in [6, 6.07) is 3.48. The standard InChI is InChI=1S/C11H14N6OS/c1-7-15-16-11(17(7)2)19-6-9-4-3-8(5-13-9)10(18)14-12/h3-5H,6,12H2,1-2H3,(H,14,18). The van der Waals surface area contributed by atoms with E-state index >= 15 is 0 Å². The number of nitrogen functional groups attached to an aromatic ring is 1. The lowest BCUT2D eigenvalue weighted by molar-refractivity contribution is 0.0953. The third kappa shape index (κ3) is 3.09. The van der Waals surface area contributed by atoms with Gasteiger partial charge in [-0.15, -0.1) is 10.2 Å². The van der Waals surface area contributed by atoms with E-state index in [0.29, 0.717) is 11.3 Å². The zero-order valence-corrected chi connectivity index (χ0v) is 11.4. The monoisotopic (exact) mass is 278 g/mol. The number of aromatic nitrogens is 4. The summed E-state index contributed by atoms with van der Waals surface area (Å²) < 4.78 is 1.92. The molecule has 0 aliphatic heterocycles. The second-order valence-electron chi connectivity index (χ2n) is 3.89. The molecule has 0 atom stereocenters. The van der Waals surface area contributed by atoms with Crippen LogP contribution in [0.3, 0.4) is 0 Å². The summed E-state index contributed by atoms with van der Waals surface area (Å²) in [5.74, 6) is 6.22. The molecular weight excluding hydrogens is 264 g/mol. The number of nitrogens with two attached hydrogens (primary N) is 1. The number of aryl methyl sites for hydroxylation is 1. The van der Waals surface area contributed by atoms with Crippen LogP contribution in [0.1, 0.15) is 21.9 Å². The van der Waals surface area contributed by atoms with Crippen molar-refractivity contribution < 1.29 is 4.79 Å². The first-order valence-electron chi connectivity index (χ1n) is 5.56. The van der Waals surface area contributed by atoms with E-state index in [2.05, 4.69) is 20.6 Å². The number of hydrogen-bond donors (Lipinski definition) is 2. The topological polar surface area (TPSA) is 98.7 Å². The van der Waals surface area contributed by atoms with Crippen molar-refractivity contribution in [1.82, 2.24) is 25.2 Å². The Labute approximate surface area is 114 Å². The Morgan fingerprint density at radius 1 is 1.47 bits per heavy atom. The van der Waals surface area contributed by atoms with Gasteiger partial charge in [0.25, 0.3) is 5.91 Å². The molecule has 2 aromatic rings. The summed E-state index contributed by atoms with van der Waals surface area (Å²) in [5.41, 5.74) is 3.36. The highest BCUT2D eigenvalue weighted by Gasteiger charge is 2.07. The van der Waals surface area contributed by atoms with E-state index in [1.807, 2.05) is 18.5 Å². The Kier molecular flexibility index (Phi) is 4.13. The number of thioether (sulfide) groups is 1. The van der Waals surface area contributed by atoms with Gasteiger partial charge in [-0.2, -0.15) is 0 Å². The summed E-state index contributed by atoms with van der Waals surface area (Å²) in [6.45, 7) is 1.90. The van der Waals surface area contributed by atoms with Crippen LogP contribution in [0.5, 0.6) is 0 Å². The number of pyridine rings is 1. The fourth-order valence-corrected chi connectivity index (χ4v) is 2.25. The van der Waals surface area contributed by atoms with Crippen molar-refractivity contribution in [1.29, 1.82) is 0 Å². The molecule has 100 valence electrons. The van der Waals surface area contributed by atoms with Crippen LogP contribution in [0.25, 0.3) is 0 Å². The van der Waals surface area contributed by atoms with Crippen molar-refractivity contribution in [3.63, 3.8) is 0 Å². The number of carbonyl (C=O) groups is 1. The van der Waals surface area contributed by atoms with Crippen LogP contribution in [0.15, 0.2) is 23.5 Å². The van der Waals surface area contributed by atoms with Gasteiger partial charge in [-0.05, 0) is 19.1 Å². The van der Waals surface area contributed by atoms with Gasteiger partial charge in [-0.25, -0.2) is 5.84 Å². The number of nitrogens with zero attached hydrogens (tertiary/aromatic N) is 4. The van der Waals surface area contributed by atoms with Gasteiger partial charge in [0.1, 0.15) is 5.82 Å². The van der Waals surface area contributed by atoms with Crippen molar-refractivity contribution in [2.75, 3.05) is 0 Å². The molecule has 2 rings (SSSR count). The van der Waals surface area contributed by atoms with Gasteiger partial charge in [-0.3, -0.25) is 15.2 Å². The van der Waals surface area contributed by atoms with Crippen molar-refractivity contribution in [3.8, 4) is 0 Å². The van der Waals surface area contributed by atoms with Gasteiger partial charge in [-0.1, -0.05) is 11.8 Å². The highest BCUT2D eigenvalue weighted by Crippen LogP contribution is 2.19. The molecule has 8 heteroatoms. The molecule has 0 spiro atoms. The summed E-state index contributed by atoms with van der Waals surface area (Å²) in [7, 11) is 1.92. The highest BCUT2D eigenvalue weighted by molar-refractivity contribution is 7.98. The summed E-state index contributed by atoms with van der Waals surface area (Å²) >= 11 is 1.54. The highest BCUT2D eigenvalue weighted by atomic mass is 32.2. The number of hydrogen-bond acceptors (Lipinski definition) is 6. The van der Waals surface area contributed by atoms with Crippen LogP contribution in [-0.4, -0.2) is 25.7 Å². The molecule has 7 nitrogen and oxygen atoms in total. The normalized spacial score (nSPS) is 10.5. The van der Waals surface area contributed by atoms with Crippen LogP contribution < -0.4 is 11.3 Å². The predicted molar refractivity (Wildman–Crippen MR) is 71.2 cm³/mol. The third-order valence-corrected chi connectivity index (χ3v) is 3.67. The van der Waals surface area contributed by atoms with Crippen molar-refractivity contribution in [2.45, 2.75) is 17.8 Å². The third-order valence-electron chi connectivity index (χ3n) is 2.62. The molecule has 0 aliphatic rings. The predicted octanol–water partition coefficient (Wildman–Crippen LogP) is 0.414. The van der Waals surface area contributed by atoms with E-state index in [0.717, 1.165) is 16.7 Å². The second kappa shape index (κ2) is 5.81. The molecule has 3 N–H and O–H groups in total. The molecular formula is C11H14N6OS. The van der Waals surface area contributed by atoms with Crippen LogP contribution in [0, 0.1) is 6.92 Å². The molecule has 0 radical (unpaired) electrons. The Balaban J connectivity index is 2.00. The van der Waals surface area contributed by atoms with Crippen molar-refractivity contribution >= 4 is 17.7 Å². The number of rotatable bonds is 4. The maximum atomic E-state index is 11.2. The summed E-state index contributed by atoms with van der Waals surface area (Å²) in [5, 5.41) is 8.87. The van der Waals surface area contributed by atoms with Crippen molar-refractivity contribution in [3.05, 3.63) is 35.4 Å². The lowest BCUT2D eigenvalue weighted by atomic mass is 10.2. The molecule has 0 fully saturated rings. The Morgan fingerprint density at radius 2 is 2.26 bits per heavy atom. The number of hydrazine groups is 1. The minimum atomic E-state index is -0.351. The number of nitrogens with one attached hydrogen (secondary N) is 1. The van der Waals surface area contributed by atoms with E-state index in [1.165, 1.54) is 6.20 Å². The molecule has 0 bridgehead atoms. The van der Waals surface area contributed by atoms with Gasteiger partial charge in [0.05, 0.1) is 11.3 Å². The van der Waals surface area contributed by atoms with Gasteiger partial charge in [0.15, 0.2) is 5.16 Å². The van der Waals surface area contributed by atoms with E-state index in [-0.39, 0.29) is 5.91 Å². The largest absolute Gasteiger partial charge is 0.309 e. The fourth-order valence-electron chi connectivity index (χ4n) is 1.38. The fraction of sp³-hybridized carbons (Fsp3) is 0.273.